The van der Waals surface area contributed by atoms with Crippen LogP contribution in [0.1, 0.15) is 13.8 Å². The van der Waals surface area contributed by atoms with Crippen molar-refractivity contribution in [3.8, 4) is 0 Å². The van der Waals surface area contributed by atoms with Crippen molar-refractivity contribution in [3.05, 3.63) is 37.0 Å². The van der Waals surface area contributed by atoms with Crippen molar-refractivity contribution in [3.63, 3.8) is 0 Å². The molecular weight excluding hydrogens is 308 g/mol. The monoisotopic (exact) mass is 328 g/mol. The molecule has 0 rings (SSSR count). The molecule has 0 aromatic rings. The number of amides is 1. The fraction of sp³-hybridized carbons (Fsp3) is 0.357. The highest BCUT2D eigenvalue weighted by molar-refractivity contribution is 7.87. The third-order valence-electron chi connectivity index (χ3n) is 2.66. The van der Waals surface area contributed by atoms with E-state index in [1.807, 2.05) is 0 Å². The summed E-state index contributed by atoms with van der Waals surface area (Å²) in [6.07, 6.45) is 8.15. The van der Waals surface area contributed by atoms with E-state index in [-0.39, 0.29) is 12.3 Å². The summed E-state index contributed by atoms with van der Waals surface area (Å²) in [5.41, 5.74) is -0.328. The number of hydrogen-bond donors (Lipinski definition) is 3. The van der Waals surface area contributed by atoms with E-state index < -0.39 is 33.0 Å². The molecule has 0 spiro atoms. The molecule has 7 nitrogen and oxygen atoms in total. The predicted molar refractivity (Wildman–Crippen MR) is 84.4 cm³/mol. The molecule has 0 saturated heterocycles. The highest BCUT2D eigenvalue weighted by Gasteiger charge is 2.41. The highest BCUT2D eigenvalue weighted by atomic mass is 32.2. The average Bonchev–Trinajstić information content (AvgIpc) is 2.37. The van der Waals surface area contributed by atoms with E-state index in [0.717, 1.165) is 6.92 Å². The van der Waals surface area contributed by atoms with Gasteiger partial charge in [-0.1, -0.05) is 37.0 Å². The van der Waals surface area contributed by atoms with Crippen LogP contribution in [0, 0.1) is 11.3 Å². The summed E-state index contributed by atoms with van der Waals surface area (Å²) in [7, 11) is -4.79. The molecule has 0 bridgehead atoms. The number of carbonyl (C=O) groups is 2. The summed E-state index contributed by atoms with van der Waals surface area (Å²) in [6.45, 7) is 5.71. The predicted octanol–water partition coefficient (Wildman–Crippen LogP) is 0.902. The van der Waals surface area contributed by atoms with E-state index in [1.165, 1.54) is 6.92 Å². The van der Waals surface area contributed by atoms with Crippen LogP contribution in [0.2, 0.25) is 0 Å². The van der Waals surface area contributed by atoms with Gasteiger partial charge in [0.2, 0.25) is 5.91 Å². The molecule has 1 amide bonds. The molecule has 22 heavy (non-hydrogen) atoms. The van der Waals surface area contributed by atoms with Crippen LogP contribution in [-0.4, -0.2) is 42.2 Å². The number of allylic oxidation sites excluding steroid dienone is 4. The van der Waals surface area contributed by atoms with Gasteiger partial charge in [-0.25, -0.2) is 0 Å². The lowest BCUT2D eigenvalue weighted by atomic mass is 9.96. The number of nitrogens with one attached hydrogen (secondary N) is 2. The van der Waals surface area contributed by atoms with Crippen LogP contribution in [0.4, 0.5) is 0 Å². The van der Waals surface area contributed by atoms with E-state index in [4.69, 9.17) is 9.96 Å². The number of Topliss-reactive ketones (excluding diaryl/α,β-unsaturated/α-hetero) is 1. The molecule has 2 unspecified atom stereocenters. The van der Waals surface area contributed by atoms with Crippen molar-refractivity contribution in [1.29, 1.82) is 5.41 Å². The van der Waals surface area contributed by atoms with Gasteiger partial charge in [-0.3, -0.25) is 14.1 Å². The van der Waals surface area contributed by atoms with Crippen molar-refractivity contribution >= 4 is 27.5 Å². The maximum absolute atomic E-state index is 12.0. The first-order valence-electron chi connectivity index (χ1n) is 6.36. The summed E-state index contributed by atoms with van der Waals surface area (Å²) in [5, 5.41) is 7.95. The smallest absolute Gasteiger partial charge is 0.276 e. The summed E-state index contributed by atoms with van der Waals surface area (Å²) >= 11 is 0. The Labute approximate surface area is 130 Å². The second kappa shape index (κ2) is 9.06. The first-order chi connectivity index (χ1) is 10.1. The number of hydrogen-bond acceptors (Lipinski definition) is 5. The van der Waals surface area contributed by atoms with Crippen molar-refractivity contribution in [2.75, 3.05) is 6.54 Å². The molecule has 0 aromatic carbocycles. The molecule has 0 aliphatic carbocycles. The minimum Gasteiger partial charge on any atom is -0.352 e. The Bertz CT molecular complexity index is 605. The van der Waals surface area contributed by atoms with E-state index in [0.29, 0.717) is 0 Å². The Morgan fingerprint density at radius 3 is 2.27 bits per heavy atom. The van der Waals surface area contributed by atoms with Gasteiger partial charge in [0.1, 0.15) is 5.92 Å². The Balaban J connectivity index is 5.10. The molecule has 0 fully saturated rings. The van der Waals surface area contributed by atoms with E-state index in [2.05, 4.69) is 11.9 Å². The van der Waals surface area contributed by atoms with Crippen LogP contribution in [0.15, 0.2) is 37.0 Å². The van der Waals surface area contributed by atoms with Gasteiger partial charge in [0.25, 0.3) is 10.1 Å². The Morgan fingerprint density at radius 1 is 1.27 bits per heavy atom. The van der Waals surface area contributed by atoms with Gasteiger partial charge < -0.3 is 10.7 Å². The quantitative estimate of drug-likeness (QED) is 0.329. The normalized spacial score (nSPS) is 14.7. The standard InChI is InChI=1S/C14H20N2O5S/c1-4-5-6-7-8-9-16-14(18)12(10(2)15)13(11(3)17)22(19,20)21/h4-8,12-13,15H,1,9H2,2-3H3,(H,16,18)(H,19,20,21)/b6-5-,8-7-,15-10?. The fourth-order valence-electron chi connectivity index (χ4n) is 1.74. The molecule has 0 aliphatic rings. The van der Waals surface area contributed by atoms with Crippen LogP contribution in [0.5, 0.6) is 0 Å². The molecular formula is C14H20N2O5S. The lowest BCUT2D eigenvalue weighted by Crippen LogP contribution is -2.47. The molecule has 0 aromatic heterocycles. The van der Waals surface area contributed by atoms with Crippen molar-refractivity contribution in [1.82, 2.24) is 5.32 Å². The van der Waals surface area contributed by atoms with Gasteiger partial charge in [-0.2, -0.15) is 8.42 Å². The first kappa shape index (κ1) is 19.9. The van der Waals surface area contributed by atoms with Gasteiger partial charge in [0, 0.05) is 12.3 Å². The van der Waals surface area contributed by atoms with Gasteiger partial charge in [0.05, 0.1) is 0 Å². The second-order valence-electron chi connectivity index (χ2n) is 4.50. The van der Waals surface area contributed by atoms with Crippen molar-refractivity contribution in [2.45, 2.75) is 19.1 Å². The van der Waals surface area contributed by atoms with E-state index in [9.17, 15) is 18.0 Å². The average molecular weight is 328 g/mol. The SMILES string of the molecule is C=C/C=C\C=C/CNC(=O)C(C(C)=N)C(C(C)=O)S(=O)(=O)O. The molecule has 0 aliphatic heterocycles. The molecule has 8 heteroatoms. The molecule has 0 radical (unpaired) electrons. The topological polar surface area (TPSA) is 124 Å². The van der Waals surface area contributed by atoms with Gasteiger partial charge in [0.15, 0.2) is 11.0 Å². The third kappa shape index (κ3) is 6.59. The molecule has 122 valence electrons. The fourth-order valence-corrected chi connectivity index (χ4v) is 2.83. The zero-order valence-electron chi connectivity index (χ0n) is 12.4. The van der Waals surface area contributed by atoms with E-state index >= 15 is 0 Å². The minimum atomic E-state index is -4.79. The molecule has 0 heterocycles. The summed E-state index contributed by atoms with van der Waals surface area (Å²) < 4.78 is 31.7. The number of rotatable bonds is 9. The maximum Gasteiger partial charge on any atom is 0.276 e. The molecule has 3 N–H and O–H groups in total. The largest absolute Gasteiger partial charge is 0.352 e. The lowest BCUT2D eigenvalue weighted by molar-refractivity contribution is -0.126. The Kier molecular flexibility index (Phi) is 8.21. The zero-order chi connectivity index (χ0) is 17.3. The summed E-state index contributed by atoms with van der Waals surface area (Å²) in [4.78, 5) is 23.5. The van der Waals surface area contributed by atoms with Gasteiger partial charge in [-0.15, -0.1) is 0 Å². The maximum atomic E-state index is 12.0. The van der Waals surface area contributed by atoms with Crippen LogP contribution in [0.3, 0.4) is 0 Å². The minimum absolute atomic E-state index is 0.0835. The van der Waals surface area contributed by atoms with E-state index in [1.54, 1.807) is 30.4 Å². The summed E-state index contributed by atoms with van der Waals surface area (Å²) in [6, 6.07) is 0. The Morgan fingerprint density at radius 2 is 1.86 bits per heavy atom. The van der Waals surface area contributed by atoms with Gasteiger partial charge in [-0.05, 0) is 13.8 Å². The lowest BCUT2D eigenvalue weighted by Gasteiger charge is -2.21. The van der Waals surface area contributed by atoms with Crippen molar-refractivity contribution < 1.29 is 22.6 Å². The number of ketones is 1. The van der Waals surface area contributed by atoms with Crippen LogP contribution in [0.25, 0.3) is 0 Å². The highest BCUT2D eigenvalue weighted by Crippen LogP contribution is 2.15. The first-order valence-corrected chi connectivity index (χ1v) is 7.87. The van der Waals surface area contributed by atoms with Crippen LogP contribution < -0.4 is 5.32 Å². The number of carbonyl (C=O) groups excluding carboxylic acids is 2. The molecule has 2 atom stereocenters. The Hall–Kier alpha value is -2.06. The third-order valence-corrected chi connectivity index (χ3v) is 3.91. The van der Waals surface area contributed by atoms with Crippen LogP contribution in [-0.2, 0) is 19.7 Å². The summed E-state index contributed by atoms with van der Waals surface area (Å²) in [5.74, 6) is -3.29. The second-order valence-corrected chi connectivity index (χ2v) is 6.04. The van der Waals surface area contributed by atoms with Crippen LogP contribution >= 0.6 is 0 Å². The van der Waals surface area contributed by atoms with Crippen molar-refractivity contribution in [2.24, 2.45) is 5.92 Å². The van der Waals surface area contributed by atoms with Gasteiger partial charge >= 0.3 is 0 Å². The zero-order valence-corrected chi connectivity index (χ0v) is 13.3. The molecule has 0 saturated carbocycles.